The highest BCUT2D eigenvalue weighted by molar-refractivity contribution is 7.13. The van der Waals surface area contributed by atoms with E-state index in [9.17, 15) is 9.59 Å². The van der Waals surface area contributed by atoms with E-state index < -0.39 is 0 Å². The lowest BCUT2D eigenvalue weighted by Gasteiger charge is -2.23. The zero-order valence-electron chi connectivity index (χ0n) is 13.9. The van der Waals surface area contributed by atoms with Crippen LogP contribution in [-0.2, 0) is 16.0 Å². The fraction of sp³-hybridized carbons (Fsp3) is 0.444. The fourth-order valence-corrected chi connectivity index (χ4v) is 3.94. The first-order valence-electron chi connectivity index (χ1n) is 8.65. The summed E-state index contributed by atoms with van der Waals surface area (Å²) in [4.78, 5) is 35.4. The summed E-state index contributed by atoms with van der Waals surface area (Å²) < 4.78 is 0. The van der Waals surface area contributed by atoms with Gasteiger partial charge in [-0.25, -0.2) is 4.98 Å². The number of hydrogen-bond donors (Lipinski definition) is 1. The van der Waals surface area contributed by atoms with E-state index in [0.717, 1.165) is 41.9 Å². The Hall–Kier alpha value is -2.28. The van der Waals surface area contributed by atoms with Crippen LogP contribution in [-0.4, -0.2) is 45.3 Å². The number of pyridine rings is 1. The number of aromatic nitrogens is 2. The molecule has 2 aromatic rings. The molecule has 2 aromatic heterocycles. The highest BCUT2D eigenvalue weighted by atomic mass is 32.1. The van der Waals surface area contributed by atoms with Crippen LogP contribution in [0.3, 0.4) is 0 Å². The summed E-state index contributed by atoms with van der Waals surface area (Å²) in [6, 6.07) is 3.83. The topological polar surface area (TPSA) is 75.2 Å². The SMILES string of the molecule is O=C(NC1CC1)C1CCCN1C(=O)Cc1csc(-c2cccnc2)n1. The molecule has 0 radical (unpaired) electrons. The molecule has 1 aliphatic heterocycles. The summed E-state index contributed by atoms with van der Waals surface area (Å²) >= 11 is 1.51. The fourth-order valence-electron chi connectivity index (χ4n) is 3.13. The van der Waals surface area contributed by atoms with Crippen LogP contribution >= 0.6 is 11.3 Å². The summed E-state index contributed by atoms with van der Waals surface area (Å²) in [6.07, 6.45) is 7.48. The van der Waals surface area contributed by atoms with Gasteiger partial charge in [-0.2, -0.15) is 0 Å². The van der Waals surface area contributed by atoms with Gasteiger partial charge in [0.2, 0.25) is 11.8 Å². The third-order valence-electron chi connectivity index (χ3n) is 4.59. The first-order valence-corrected chi connectivity index (χ1v) is 9.53. The second kappa shape index (κ2) is 6.92. The Morgan fingerprint density at radius 1 is 1.32 bits per heavy atom. The van der Waals surface area contributed by atoms with Gasteiger partial charge in [0, 0.05) is 35.9 Å². The number of carbonyl (C=O) groups is 2. The monoisotopic (exact) mass is 356 g/mol. The van der Waals surface area contributed by atoms with E-state index in [4.69, 9.17) is 0 Å². The van der Waals surface area contributed by atoms with Gasteiger partial charge < -0.3 is 10.2 Å². The van der Waals surface area contributed by atoms with Gasteiger partial charge in [-0.3, -0.25) is 14.6 Å². The number of amides is 2. The van der Waals surface area contributed by atoms with Crippen molar-refractivity contribution >= 4 is 23.2 Å². The Bertz CT molecular complexity index is 772. The lowest BCUT2D eigenvalue weighted by Crippen LogP contribution is -2.47. The Balaban J connectivity index is 1.41. The highest BCUT2D eigenvalue weighted by Crippen LogP contribution is 2.25. The van der Waals surface area contributed by atoms with Gasteiger partial charge >= 0.3 is 0 Å². The summed E-state index contributed by atoms with van der Waals surface area (Å²) in [5.41, 5.74) is 1.70. The Morgan fingerprint density at radius 3 is 2.96 bits per heavy atom. The van der Waals surface area contributed by atoms with Gasteiger partial charge in [0.1, 0.15) is 11.0 Å². The molecule has 3 heterocycles. The maximum absolute atomic E-state index is 12.7. The minimum absolute atomic E-state index is 0.00248. The molecule has 1 N–H and O–H groups in total. The summed E-state index contributed by atoms with van der Waals surface area (Å²) in [6.45, 7) is 0.654. The molecular weight excluding hydrogens is 336 g/mol. The van der Waals surface area contributed by atoms with Crippen LogP contribution in [0.2, 0.25) is 0 Å². The third kappa shape index (κ3) is 3.71. The zero-order chi connectivity index (χ0) is 17.2. The van der Waals surface area contributed by atoms with Crippen molar-refractivity contribution in [1.29, 1.82) is 0 Å². The molecule has 1 saturated carbocycles. The van der Waals surface area contributed by atoms with Gasteiger partial charge in [0.15, 0.2) is 0 Å². The minimum atomic E-state index is -0.315. The molecule has 2 amide bonds. The van der Waals surface area contributed by atoms with E-state index >= 15 is 0 Å². The molecule has 1 atom stereocenters. The minimum Gasteiger partial charge on any atom is -0.352 e. The molecule has 1 saturated heterocycles. The van der Waals surface area contributed by atoms with Crippen LogP contribution in [0.15, 0.2) is 29.9 Å². The van der Waals surface area contributed by atoms with Crippen molar-refractivity contribution in [3.63, 3.8) is 0 Å². The molecule has 0 bridgehead atoms. The van der Waals surface area contributed by atoms with Crippen LogP contribution in [0.1, 0.15) is 31.4 Å². The second-order valence-electron chi connectivity index (χ2n) is 6.59. The van der Waals surface area contributed by atoms with Gasteiger partial charge in [0.25, 0.3) is 0 Å². The van der Waals surface area contributed by atoms with Gasteiger partial charge in [-0.1, -0.05) is 0 Å². The number of nitrogens with zero attached hydrogens (tertiary/aromatic N) is 3. The number of carbonyl (C=O) groups excluding carboxylic acids is 2. The lowest BCUT2D eigenvalue weighted by atomic mass is 10.2. The Labute approximate surface area is 150 Å². The maximum atomic E-state index is 12.7. The van der Waals surface area contributed by atoms with Crippen molar-refractivity contribution < 1.29 is 9.59 Å². The smallest absolute Gasteiger partial charge is 0.243 e. The second-order valence-corrected chi connectivity index (χ2v) is 7.45. The predicted molar refractivity (Wildman–Crippen MR) is 94.9 cm³/mol. The van der Waals surface area contributed by atoms with E-state index in [0.29, 0.717) is 12.6 Å². The van der Waals surface area contributed by atoms with Crippen LogP contribution < -0.4 is 5.32 Å². The van der Waals surface area contributed by atoms with Crippen molar-refractivity contribution in [2.24, 2.45) is 0 Å². The molecule has 7 heteroatoms. The normalized spacial score (nSPS) is 19.8. The third-order valence-corrected chi connectivity index (χ3v) is 5.53. The largest absolute Gasteiger partial charge is 0.352 e. The van der Waals surface area contributed by atoms with Crippen LogP contribution in [0.25, 0.3) is 10.6 Å². The van der Waals surface area contributed by atoms with Crippen molar-refractivity contribution in [3.8, 4) is 10.6 Å². The summed E-state index contributed by atoms with van der Waals surface area (Å²) in [5.74, 6) is -0.0147. The first-order chi connectivity index (χ1) is 12.2. The standard InChI is InChI=1S/C18H20N4O2S/c23-16(22-8-2-4-15(22)17(24)20-13-5-6-13)9-14-11-25-18(21-14)12-3-1-7-19-10-12/h1,3,7,10-11,13,15H,2,4-6,8-9H2,(H,20,24). The van der Waals surface area contributed by atoms with E-state index in [1.165, 1.54) is 11.3 Å². The molecule has 0 spiro atoms. The van der Waals surface area contributed by atoms with Gasteiger partial charge in [-0.05, 0) is 37.8 Å². The molecule has 2 fully saturated rings. The molecule has 130 valence electrons. The van der Waals surface area contributed by atoms with Gasteiger partial charge in [-0.15, -0.1) is 11.3 Å². The number of thiazole rings is 1. The average Bonchev–Trinajstić information content (AvgIpc) is 3.13. The van der Waals surface area contributed by atoms with E-state index in [1.807, 2.05) is 17.5 Å². The van der Waals surface area contributed by atoms with E-state index in [1.54, 1.807) is 17.3 Å². The molecule has 4 rings (SSSR count). The van der Waals surface area contributed by atoms with Crippen molar-refractivity contribution in [1.82, 2.24) is 20.2 Å². The average molecular weight is 356 g/mol. The molecule has 25 heavy (non-hydrogen) atoms. The molecule has 1 unspecified atom stereocenters. The van der Waals surface area contributed by atoms with Crippen LogP contribution in [0, 0.1) is 0 Å². The van der Waals surface area contributed by atoms with Crippen molar-refractivity contribution in [3.05, 3.63) is 35.6 Å². The Kier molecular flexibility index (Phi) is 4.48. The Morgan fingerprint density at radius 2 is 2.20 bits per heavy atom. The van der Waals surface area contributed by atoms with Gasteiger partial charge in [0.05, 0.1) is 12.1 Å². The van der Waals surface area contributed by atoms with E-state index in [2.05, 4.69) is 15.3 Å². The van der Waals surface area contributed by atoms with E-state index in [-0.39, 0.29) is 24.3 Å². The molecule has 2 aliphatic rings. The number of rotatable bonds is 5. The van der Waals surface area contributed by atoms with Crippen LogP contribution in [0.5, 0.6) is 0 Å². The number of likely N-dealkylation sites (tertiary alicyclic amines) is 1. The summed E-state index contributed by atoms with van der Waals surface area (Å²) in [7, 11) is 0. The van der Waals surface area contributed by atoms with Crippen LogP contribution in [0.4, 0.5) is 0 Å². The highest BCUT2D eigenvalue weighted by Gasteiger charge is 2.36. The zero-order valence-corrected chi connectivity index (χ0v) is 14.7. The quantitative estimate of drug-likeness (QED) is 0.889. The van der Waals surface area contributed by atoms with Crippen molar-refractivity contribution in [2.75, 3.05) is 6.54 Å². The molecule has 6 nitrogen and oxygen atoms in total. The number of nitrogens with one attached hydrogen (secondary N) is 1. The first kappa shape index (κ1) is 16.2. The summed E-state index contributed by atoms with van der Waals surface area (Å²) in [5, 5.41) is 5.79. The molecule has 1 aliphatic carbocycles. The molecule has 0 aromatic carbocycles. The van der Waals surface area contributed by atoms with Crippen molar-refractivity contribution in [2.45, 2.75) is 44.2 Å². The lowest BCUT2D eigenvalue weighted by molar-refractivity contribution is -0.138. The maximum Gasteiger partial charge on any atom is 0.243 e. The molecular formula is C18H20N4O2S. The predicted octanol–water partition coefficient (Wildman–Crippen LogP) is 2.02. The number of hydrogen-bond acceptors (Lipinski definition) is 5.